The number of oxazole rings is 1. The van der Waals surface area contributed by atoms with Gasteiger partial charge in [-0.3, -0.25) is 9.36 Å². The molecule has 0 saturated carbocycles. The third-order valence-corrected chi connectivity index (χ3v) is 5.32. The fraction of sp³-hybridized carbons (Fsp3) is 0.190. The summed E-state index contributed by atoms with van der Waals surface area (Å²) in [6, 6.07) is 11.3. The van der Waals surface area contributed by atoms with Crippen LogP contribution in [0.3, 0.4) is 0 Å². The topological polar surface area (TPSA) is 77.1 Å². The molecular weight excluding hydrogens is 374 g/mol. The Labute approximate surface area is 165 Å². The molecule has 0 radical (unpaired) electrons. The second-order valence-corrected chi connectivity index (χ2v) is 7.64. The summed E-state index contributed by atoms with van der Waals surface area (Å²) in [5.41, 5.74) is 6.48. The van der Waals surface area contributed by atoms with E-state index in [1.54, 1.807) is 24.3 Å². The number of amides is 1. The van der Waals surface area contributed by atoms with E-state index in [1.165, 1.54) is 21.5 Å². The number of carbonyl (C=O) groups excluding carboxylic acids is 1. The van der Waals surface area contributed by atoms with E-state index in [4.69, 9.17) is 4.42 Å². The van der Waals surface area contributed by atoms with Gasteiger partial charge in [0.15, 0.2) is 10.7 Å². The van der Waals surface area contributed by atoms with Gasteiger partial charge in [0.2, 0.25) is 5.91 Å². The van der Waals surface area contributed by atoms with Crippen molar-refractivity contribution in [2.24, 2.45) is 0 Å². The number of nitrogens with one attached hydrogen (secondary N) is 1. The molecule has 0 fully saturated rings. The monoisotopic (exact) mass is 393 g/mol. The van der Waals surface area contributed by atoms with Crippen LogP contribution in [-0.4, -0.2) is 15.5 Å². The Hall–Kier alpha value is -3.19. The van der Waals surface area contributed by atoms with Gasteiger partial charge < -0.3 is 9.73 Å². The van der Waals surface area contributed by atoms with E-state index in [1.807, 2.05) is 5.38 Å². The van der Waals surface area contributed by atoms with Crippen LogP contribution in [-0.2, 0) is 11.3 Å². The van der Waals surface area contributed by atoms with Crippen LogP contribution in [0.25, 0.3) is 22.4 Å². The Kier molecular flexibility index (Phi) is 4.60. The molecule has 0 aliphatic carbocycles. The van der Waals surface area contributed by atoms with Crippen LogP contribution in [0, 0.1) is 20.8 Å². The first-order valence-electron chi connectivity index (χ1n) is 8.84. The van der Waals surface area contributed by atoms with Gasteiger partial charge in [0.05, 0.1) is 11.2 Å². The van der Waals surface area contributed by atoms with E-state index in [0.29, 0.717) is 16.2 Å². The quantitative estimate of drug-likeness (QED) is 0.561. The number of benzene rings is 2. The van der Waals surface area contributed by atoms with Gasteiger partial charge in [-0.1, -0.05) is 29.8 Å². The van der Waals surface area contributed by atoms with Crippen molar-refractivity contribution in [1.29, 1.82) is 0 Å². The number of hydrogen-bond acceptors (Lipinski definition) is 5. The molecule has 0 spiro atoms. The first kappa shape index (κ1) is 18.2. The first-order chi connectivity index (χ1) is 13.4. The van der Waals surface area contributed by atoms with Gasteiger partial charge >= 0.3 is 5.76 Å². The highest BCUT2D eigenvalue weighted by Crippen LogP contribution is 2.31. The number of hydrogen-bond donors (Lipinski definition) is 1. The minimum Gasteiger partial charge on any atom is -0.408 e. The third kappa shape index (κ3) is 3.36. The molecule has 0 bridgehead atoms. The van der Waals surface area contributed by atoms with E-state index in [0.717, 1.165) is 22.4 Å². The van der Waals surface area contributed by atoms with Crippen LogP contribution < -0.4 is 11.1 Å². The van der Waals surface area contributed by atoms with Gasteiger partial charge in [-0.05, 0) is 44.0 Å². The van der Waals surface area contributed by atoms with Crippen LogP contribution in [0.1, 0.15) is 16.7 Å². The van der Waals surface area contributed by atoms with E-state index in [-0.39, 0.29) is 12.5 Å². The van der Waals surface area contributed by atoms with Crippen LogP contribution in [0.2, 0.25) is 0 Å². The Bertz CT molecular complexity index is 1230. The predicted molar refractivity (Wildman–Crippen MR) is 111 cm³/mol. The van der Waals surface area contributed by atoms with Gasteiger partial charge in [0.25, 0.3) is 0 Å². The second-order valence-electron chi connectivity index (χ2n) is 6.78. The molecule has 2 aromatic heterocycles. The number of carbonyl (C=O) groups is 1. The van der Waals surface area contributed by atoms with E-state index in [2.05, 4.69) is 43.2 Å². The highest BCUT2D eigenvalue weighted by Gasteiger charge is 2.15. The van der Waals surface area contributed by atoms with Crippen molar-refractivity contribution in [1.82, 2.24) is 9.55 Å². The molecule has 4 rings (SSSR count). The van der Waals surface area contributed by atoms with Gasteiger partial charge in [-0.2, -0.15) is 0 Å². The Morgan fingerprint density at radius 2 is 1.89 bits per heavy atom. The average molecular weight is 393 g/mol. The minimum absolute atomic E-state index is 0.132. The summed E-state index contributed by atoms with van der Waals surface area (Å²) in [4.78, 5) is 29.0. The van der Waals surface area contributed by atoms with Crippen LogP contribution in [0.5, 0.6) is 0 Å². The molecule has 0 unspecified atom stereocenters. The third-order valence-electron chi connectivity index (χ3n) is 4.56. The Morgan fingerprint density at radius 1 is 1.18 bits per heavy atom. The lowest BCUT2D eigenvalue weighted by Crippen LogP contribution is -2.24. The summed E-state index contributed by atoms with van der Waals surface area (Å²) in [6.07, 6.45) is 0. The summed E-state index contributed by atoms with van der Waals surface area (Å²) < 4.78 is 6.48. The van der Waals surface area contributed by atoms with Crippen molar-refractivity contribution in [2.75, 3.05) is 5.32 Å². The molecule has 2 aromatic carbocycles. The molecule has 6 nitrogen and oxygen atoms in total. The molecular formula is C21H19N3O3S. The molecule has 2 heterocycles. The second kappa shape index (κ2) is 7.09. The fourth-order valence-corrected chi connectivity index (χ4v) is 4.21. The lowest BCUT2D eigenvalue weighted by atomic mass is 9.98. The Morgan fingerprint density at radius 3 is 2.64 bits per heavy atom. The van der Waals surface area contributed by atoms with Crippen molar-refractivity contribution in [3.8, 4) is 11.3 Å². The minimum atomic E-state index is -0.554. The van der Waals surface area contributed by atoms with E-state index >= 15 is 0 Å². The molecule has 0 aliphatic rings. The zero-order valence-corrected chi connectivity index (χ0v) is 16.6. The van der Waals surface area contributed by atoms with Crippen molar-refractivity contribution in [3.63, 3.8) is 0 Å². The molecule has 0 aliphatic heterocycles. The van der Waals surface area contributed by atoms with Gasteiger partial charge in [-0.25, -0.2) is 9.78 Å². The maximum Gasteiger partial charge on any atom is 0.420 e. The molecule has 1 N–H and O–H groups in total. The number of aromatic nitrogens is 2. The summed E-state index contributed by atoms with van der Waals surface area (Å²) in [5, 5.41) is 5.21. The molecule has 4 aromatic rings. The maximum atomic E-state index is 12.5. The predicted octanol–water partition coefficient (Wildman–Crippen LogP) is 4.28. The molecule has 142 valence electrons. The number of nitrogens with zero attached hydrogens (tertiary/aromatic N) is 2. The van der Waals surface area contributed by atoms with Crippen LogP contribution >= 0.6 is 11.3 Å². The summed E-state index contributed by atoms with van der Waals surface area (Å²) in [6.45, 7) is 6.05. The largest absolute Gasteiger partial charge is 0.420 e. The number of aryl methyl sites for hydroxylation is 3. The van der Waals surface area contributed by atoms with Crippen molar-refractivity contribution < 1.29 is 9.21 Å². The zero-order valence-electron chi connectivity index (χ0n) is 15.8. The summed E-state index contributed by atoms with van der Waals surface area (Å²) in [7, 11) is 0. The number of para-hydroxylation sites is 2. The summed E-state index contributed by atoms with van der Waals surface area (Å²) >= 11 is 1.36. The first-order valence-corrected chi connectivity index (χ1v) is 9.72. The van der Waals surface area contributed by atoms with E-state index < -0.39 is 5.76 Å². The molecule has 0 saturated heterocycles. The van der Waals surface area contributed by atoms with Gasteiger partial charge in [0, 0.05) is 10.9 Å². The zero-order chi connectivity index (χ0) is 19.8. The lowest BCUT2D eigenvalue weighted by molar-refractivity contribution is -0.116. The van der Waals surface area contributed by atoms with Crippen LogP contribution in [0.15, 0.2) is 51.0 Å². The summed E-state index contributed by atoms with van der Waals surface area (Å²) in [5.74, 6) is -0.881. The smallest absolute Gasteiger partial charge is 0.408 e. The van der Waals surface area contributed by atoms with Crippen LogP contribution in [0.4, 0.5) is 5.13 Å². The molecule has 7 heteroatoms. The fourth-order valence-electron chi connectivity index (χ4n) is 3.50. The van der Waals surface area contributed by atoms with Crippen molar-refractivity contribution in [2.45, 2.75) is 27.3 Å². The molecule has 0 atom stereocenters. The normalized spacial score (nSPS) is 11.1. The molecule has 28 heavy (non-hydrogen) atoms. The Balaban J connectivity index is 1.55. The number of fused-ring (bicyclic) bond motifs is 1. The number of anilines is 1. The van der Waals surface area contributed by atoms with E-state index in [9.17, 15) is 9.59 Å². The highest BCUT2D eigenvalue weighted by molar-refractivity contribution is 7.14. The SMILES string of the molecule is Cc1cc(C)c(-c2csc(NC(=O)Cn3c(=O)oc4ccccc43)n2)c(C)c1. The van der Waals surface area contributed by atoms with Crippen molar-refractivity contribution >= 4 is 33.5 Å². The van der Waals surface area contributed by atoms with Gasteiger partial charge in [-0.15, -0.1) is 11.3 Å². The standard InChI is InChI=1S/C21H19N3O3S/c1-12-8-13(2)19(14(3)9-12)15-11-28-20(22-15)23-18(25)10-24-16-6-4-5-7-17(16)27-21(24)26/h4-9,11H,10H2,1-3H3,(H,22,23,25). The molecule has 1 amide bonds. The average Bonchev–Trinajstić information content (AvgIpc) is 3.19. The lowest BCUT2D eigenvalue weighted by Gasteiger charge is -2.08. The number of thiazole rings is 1. The maximum absolute atomic E-state index is 12.5. The van der Waals surface area contributed by atoms with Gasteiger partial charge in [0.1, 0.15) is 6.54 Å². The highest BCUT2D eigenvalue weighted by atomic mass is 32.1. The van der Waals surface area contributed by atoms with Crippen molar-refractivity contribution in [3.05, 3.63) is 69.0 Å². The number of rotatable bonds is 4.